The summed E-state index contributed by atoms with van der Waals surface area (Å²) in [6, 6.07) is 8.06. The van der Waals surface area contributed by atoms with Gasteiger partial charge in [0.15, 0.2) is 5.82 Å². The fourth-order valence-electron chi connectivity index (χ4n) is 2.61. The molecule has 1 unspecified atom stereocenters. The number of rotatable bonds is 3. The second-order valence-corrected chi connectivity index (χ2v) is 5.25. The molecule has 0 aliphatic carbocycles. The van der Waals surface area contributed by atoms with E-state index in [4.69, 9.17) is 4.74 Å². The number of benzene rings is 1. The summed E-state index contributed by atoms with van der Waals surface area (Å²) in [5.41, 5.74) is 1.14. The third-order valence-corrected chi connectivity index (χ3v) is 3.70. The molecule has 100 valence electrons. The molecule has 0 bridgehead atoms. The number of fused-ring (bicyclic) bond motifs is 1. The molecule has 1 atom stereocenters. The van der Waals surface area contributed by atoms with Gasteiger partial charge in [-0.3, -0.25) is 0 Å². The van der Waals surface area contributed by atoms with Crippen molar-refractivity contribution in [1.82, 2.24) is 14.8 Å². The normalized spacial score (nSPS) is 18.1. The molecule has 3 rings (SSSR count). The maximum Gasteiger partial charge on any atom is 0.155 e. The van der Waals surface area contributed by atoms with Crippen molar-refractivity contribution in [1.29, 1.82) is 0 Å². The number of hydrogen-bond donors (Lipinski definition) is 0. The minimum Gasteiger partial charge on any atom is -0.496 e. The van der Waals surface area contributed by atoms with E-state index < -0.39 is 0 Å². The van der Waals surface area contributed by atoms with Crippen molar-refractivity contribution in [2.24, 2.45) is 5.92 Å². The van der Waals surface area contributed by atoms with Crippen LogP contribution in [-0.2, 0) is 19.4 Å². The third kappa shape index (κ3) is 2.48. The molecule has 0 saturated carbocycles. The molecule has 0 radical (unpaired) electrons. The van der Waals surface area contributed by atoms with E-state index in [1.807, 2.05) is 18.2 Å². The summed E-state index contributed by atoms with van der Waals surface area (Å²) >= 11 is 0. The summed E-state index contributed by atoms with van der Waals surface area (Å²) in [6.07, 6.45) is 2.97. The second-order valence-electron chi connectivity index (χ2n) is 5.25. The van der Waals surface area contributed by atoms with E-state index in [9.17, 15) is 0 Å². The molecule has 1 aromatic carbocycles. The van der Waals surface area contributed by atoms with Crippen LogP contribution >= 0.6 is 0 Å². The second kappa shape index (κ2) is 5.03. The summed E-state index contributed by atoms with van der Waals surface area (Å²) < 4.78 is 7.43. The Morgan fingerprint density at radius 1 is 1.37 bits per heavy atom. The maximum absolute atomic E-state index is 5.37. The number of nitrogens with zero attached hydrogens (tertiary/aromatic N) is 3. The monoisotopic (exact) mass is 257 g/mol. The highest BCUT2D eigenvalue weighted by Crippen LogP contribution is 2.22. The van der Waals surface area contributed by atoms with Gasteiger partial charge in [-0.2, -0.15) is 5.10 Å². The van der Waals surface area contributed by atoms with Crippen LogP contribution in [0.25, 0.3) is 0 Å². The summed E-state index contributed by atoms with van der Waals surface area (Å²) in [5.74, 6) is 3.65. The van der Waals surface area contributed by atoms with Gasteiger partial charge in [-0.15, -0.1) is 0 Å². The Hall–Kier alpha value is -1.84. The quantitative estimate of drug-likeness (QED) is 0.848. The van der Waals surface area contributed by atoms with E-state index in [2.05, 4.69) is 27.8 Å². The molecule has 0 spiro atoms. The molecule has 19 heavy (non-hydrogen) atoms. The lowest BCUT2D eigenvalue weighted by Gasteiger charge is -2.17. The average molecular weight is 257 g/mol. The van der Waals surface area contributed by atoms with Crippen LogP contribution in [0.15, 0.2) is 24.3 Å². The van der Waals surface area contributed by atoms with E-state index in [-0.39, 0.29) is 0 Å². The number of aromatic nitrogens is 3. The predicted molar refractivity (Wildman–Crippen MR) is 73.3 cm³/mol. The average Bonchev–Trinajstić information content (AvgIpc) is 2.80. The fraction of sp³-hybridized carbons (Fsp3) is 0.467. The van der Waals surface area contributed by atoms with Crippen molar-refractivity contribution in [3.63, 3.8) is 0 Å². The van der Waals surface area contributed by atoms with Gasteiger partial charge in [0.1, 0.15) is 11.6 Å². The summed E-state index contributed by atoms with van der Waals surface area (Å²) in [5, 5.41) is 4.61. The first-order valence-corrected chi connectivity index (χ1v) is 6.80. The van der Waals surface area contributed by atoms with Gasteiger partial charge in [-0.25, -0.2) is 9.67 Å². The van der Waals surface area contributed by atoms with Crippen LogP contribution < -0.4 is 4.74 Å². The molecular weight excluding hydrogens is 238 g/mol. The highest BCUT2D eigenvalue weighted by atomic mass is 16.5. The first-order chi connectivity index (χ1) is 9.26. The molecule has 1 aromatic heterocycles. The SMILES string of the molecule is COc1ccccc1Cc1nc2n(n1)CCC(C)C2. The van der Waals surface area contributed by atoms with Crippen molar-refractivity contribution in [3.8, 4) is 5.75 Å². The van der Waals surface area contributed by atoms with Crippen molar-refractivity contribution in [2.45, 2.75) is 32.7 Å². The lowest BCUT2D eigenvalue weighted by Crippen LogP contribution is -2.18. The Morgan fingerprint density at radius 2 is 2.21 bits per heavy atom. The van der Waals surface area contributed by atoms with Crippen molar-refractivity contribution in [2.75, 3.05) is 7.11 Å². The molecule has 4 heteroatoms. The molecule has 1 aliphatic heterocycles. The lowest BCUT2D eigenvalue weighted by atomic mass is 10.0. The van der Waals surface area contributed by atoms with Crippen molar-refractivity contribution >= 4 is 0 Å². The standard InChI is InChI=1S/C15H19N3O/c1-11-7-8-18-15(9-11)16-14(17-18)10-12-5-3-4-6-13(12)19-2/h3-6,11H,7-10H2,1-2H3. The van der Waals surface area contributed by atoms with E-state index >= 15 is 0 Å². The Labute approximate surface area is 113 Å². The Bertz CT molecular complexity index is 577. The van der Waals surface area contributed by atoms with Gasteiger partial charge in [0.25, 0.3) is 0 Å². The first kappa shape index (κ1) is 12.2. The highest BCUT2D eigenvalue weighted by molar-refractivity contribution is 5.35. The topological polar surface area (TPSA) is 39.9 Å². The van der Waals surface area contributed by atoms with E-state index in [0.717, 1.165) is 48.3 Å². The lowest BCUT2D eigenvalue weighted by molar-refractivity contribution is 0.385. The number of ether oxygens (including phenoxy) is 1. The molecule has 2 heterocycles. The number of methoxy groups -OCH3 is 1. The number of hydrogen-bond acceptors (Lipinski definition) is 3. The van der Waals surface area contributed by atoms with E-state index in [1.54, 1.807) is 7.11 Å². The molecule has 1 aliphatic rings. The van der Waals surface area contributed by atoms with Gasteiger partial charge in [-0.1, -0.05) is 25.1 Å². The Kier molecular flexibility index (Phi) is 3.23. The van der Waals surface area contributed by atoms with E-state index in [0.29, 0.717) is 0 Å². The van der Waals surface area contributed by atoms with Crippen molar-refractivity contribution < 1.29 is 4.74 Å². The minimum absolute atomic E-state index is 0.718. The van der Waals surface area contributed by atoms with Gasteiger partial charge in [0.05, 0.1) is 7.11 Å². The molecule has 4 nitrogen and oxygen atoms in total. The van der Waals surface area contributed by atoms with Crippen LogP contribution in [0.5, 0.6) is 5.75 Å². The molecular formula is C15H19N3O. The van der Waals surface area contributed by atoms with E-state index in [1.165, 1.54) is 6.42 Å². The van der Waals surface area contributed by atoms with Crippen LogP contribution in [0.1, 0.15) is 30.6 Å². The zero-order valence-electron chi connectivity index (χ0n) is 11.5. The van der Waals surface area contributed by atoms with Crippen LogP contribution in [0.4, 0.5) is 0 Å². The zero-order chi connectivity index (χ0) is 13.2. The Morgan fingerprint density at radius 3 is 3.05 bits per heavy atom. The molecule has 0 N–H and O–H groups in total. The van der Waals surface area contributed by atoms with Gasteiger partial charge in [0.2, 0.25) is 0 Å². The molecule has 0 amide bonds. The van der Waals surface area contributed by atoms with Crippen LogP contribution in [0.2, 0.25) is 0 Å². The molecule has 0 saturated heterocycles. The van der Waals surface area contributed by atoms with Gasteiger partial charge >= 0.3 is 0 Å². The predicted octanol–water partition coefficient (Wildman–Crippen LogP) is 2.46. The van der Waals surface area contributed by atoms with Crippen LogP contribution in [0, 0.1) is 5.92 Å². The van der Waals surface area contributed by atoms with Gasteiger partial charge < -0.3 is 4.74 Å². The molecule has 2 aromatic rings. The Balaban J connectivity index is 1.84. The summed E-state index contributed by atoms with van der Waals surface area (Å²) in [7, 11) is 1.70. The van der Waals surface area contributed by atoms with Gasteiger partial charge in [-0.05, 0) is 18.4 Å². The fourth-order valence-corrected chi connectivity index (χ4v) is 2.61. The summed E-state index contributed by atoms with van der Waals surface area (Å²) in [4.78, 5) is 4.67. The van der Waals surface area contributed by atoms with Crippen LogP contribution in [0.3, 0.4) is 0 Å². The minimum atomic E-state index is 0.718. The van der Waals surface area contributed by atoms with Crippen LogP contribution in [-0.4, -0.2) is 21.9 Å². The largest absolute Gasteiger partial charge is 0.496 e. The zero-order valence-corrected chi connectivity index (χ0v) is 11.5. The van der Waals surface area contributed by atoms with Gasteiger partial charge in [0, 0.05) is 24.9 Å². The maximum atomic E-state index is 5.37. The summed E-state index contributed by atoms with van der Waals surface area (Å²) in [6.45, 7) is 3.27. The number of aryl methyl sites for hydroxylation is 1. The highest BCUT2D eigenvalue weighted by Gasteiger charge is 2.19. The molecule has 0 fully saturated rings. The third-order valence-electron chi connectivity index (χ3n) is 3.70. The van der Waals surface area contributed by atoms with Crippen molar-refractivity contribution in [3.05, 3.63) is 41.5 Å². The first-order valence-electron chi connectivity index (χ1n) is 6.80. The smallest absolute Gasteiger partial charge is 0.155 e. The number of para-hydroxylation sites is 1.